The Hall–Kier alpha value is -4.13. The first kappa shape index (κ1) is 22.3. The molecule has 0 unspecified atom stereocenters. The standard InChI is InChI=1S/C23H23F2N9O2/c1-12(27-22-29-21(26)34-23(30-22)28-19(31-34)18-3-2-6-36-18)20(35)33-11-15-8-16(33)10-32(15)9-13-4-5-14(24)7-17(13)25/h2-7,12,15-16H,8-11H2,1H3,(H3,26,27,28,29,30,31)/t12-,15-,16-/m0/s1. The van der Waals surface area contributed by atoms with Crippen LogP contribution in [-0.4, -0.2) is 71.5 Å². The van der Waals surface area contributed by atoms with E-state index in [0.29, 0.717) is 36.8 Å². The van der Waals surface area contributed by atoms with Crippen molar-refractivity contribution < 1.29 is 18.0 Å². The highest BCUT2D eigenvalue weighted by Crippen LogP contribution is 2.33. The number of amides is 1. The van der Waals surface area contributed by atoms with Crippen molar-refractivity contribution in [3.8, 4) is 11.6 Å². The van der Waals surface area contributed by atoms with Crippen molar-refractivity contribution in [2.75, 3.05) is 24.1 Å². The lowest BCUT2D eigenvalue weighted by atomic mass is 10.1. The summed E-state index contributed by atoms with van der Waals surface area (Å²) < 4.78 is 33.9. The first-order chi connectivity index (χ1) is 17.4. The second-order valence-electron chi connectivity index (χ2n) is 9.10. The van der Waals surface area contributed by atoms with Gasteiger partial charge in [0.1, 0.15) is 17.7 Å². The molecule has 6 rings (SSSR count). The molecule has 1 amide bonds. The van der Waals surface area contributed by atoms with Gasteiger partial charge in [-0.05, 0) is 31.5 Å². The molecule has 13 heteroatoms. The van der Waals surface area contributed by atoms with Gasteiger partial charge < -0.3 is 20.4 Å². The van der Waals surface area contributed by atoms with Crippen LogP contribution in [0, 0.1) is 11.6 Å². The number of hydrogen-bond acceptors (Lipinski definition) is 9. The topological polar surface area (TPSA) is 131 Å². The number of fused-ring (bicyclic) bond motifs is 3. The van der Waals surface area contributed by atoms with E-state index in [0.717, 1.165) is 12.5 Å². The second kappa shape index (κ2) is 8.52. The van der Waals surface area contributed by atoms with Crippen molar-refractivity contribution in [2.45, 2.75) is 38.0 Å². The van der Waals surface area contributed by atoms with Crippen molar-refractivity contribution in [3.05, 3.63) is 53.8 Å². The van der Waals surface area contributed by atoms with Gasteiger partial charge in [0.25, 0.3) is 5.78 Å². The van der Waals surface area contributed by atoms with Gasteiger partial charge in [-0.3, -0.25) is 9.69 Å². The number of hydrogen-bond donors (Lipinski definition) is 2. The Labute approximate surface area is 203 Å². The zero-order valence-electron chi connectivity index (χ0n) is 19.3. The minimum atomic E-state index is -0.610. The molecule has 3 aromatic heterocycles. The number of carbonyl (C=O) groups excluding carboxylic acids is 1. The van der Waals surface area contributed by atoms with Crippen molar-refractivity contribution in [1.29, 1.82) is 0 Å². The molecule has 0 saturated carbocycles. The summed E-state index contributed by atoms with van der Waals surface area (Å²) in [7, 11) is 0. The van der Waals surface area contributed by atoms with Crippen LogP contribution in [0.4, 0.5) is 20.7 Å². The maximum atomic E-state index is 14.1. The fraction of sp³-hybridized carbons (Fsp3) is 0.348. The lowest BCUT2D eigenvalue weighted by Gasteiger charge is -2.35. The van der Waals surface area contributed by atoms with E-state index in [1.165, 1.54) is 22.9 Å². The molecule has 2 bridgehead atoms. The van der Waals surface area contributed by atoms with Crippen LogP contribution in [0.15, 0.2) is 41.0 Å². The van der Waals surface area contributed by atoms with E-state index < -0.39 is 17.7 Å². The molecule has 3 N–H and O–H groups in total. The Balaban J connectivity index is 1.11. The van der Waals surface area contributed by atoms with Gasteiger partial charge in [0.2, 0.25) is 23.6 Å². The van der Waals surface area contributed by atoms with E-state index in [1.54, 1.807) is 19.1 Å². The van der Waals surface area contributed by atoms with Crippen LogP contribution >= 0.6 is 0 Å². The molecule has 3 atom stereocenters. The number of aromatic nitrogens is 5. The zero-order chi connectivity index (χ0) is 25.0. The molecule has 5 heterocycles. The van der Waals surface area contributed by atoms with Gasteiger partial charge in [-0.1, -0.05) is 6.07 Å². The predicted octanol–water partition coefficient (Wildman–Crippen LogP) is 1.93. The van der Waals surface area contributed by atoms with Crippen LogP contribution < -0.4 is 11.1 Å². The molecule has 2 fully saturated rings. The molecule has 1 aromatic carbocycles. The normalized spacial score (nSPS) is 20.4. The Kier molecular flexibility index (Phi) is 5.29. The minimum absolute atomic E-state index is 0.0241. The van der Waals surface area contributed by atoms with E-state index in [1.807, 2.05) is 4.90 Å². The number of nitrogens with zero attached hydrogens (tertiary/aromatic N) is 7. The highest BCUT2D eigenvalue weighted by Gasteiger charge is 2.46. The van der Waals surface area contributed by atoms with E-state index in [2.05, 4.69) is 30.3 Å². The molecule has 0 spiro atoms. The van der Waals surface area contributed by atoms with Gasteiger partial charge in [0, 0.05) is 43.3 Å². The summed E-state index contributed by atoms with van der Waals surface area (Å²) in [6.07, 6.45) is 2.33. The molecule has 2 aliphatic rings. The van der Waals surface area contributed by atoms with E-state index in [-0.39, 0.29) is 35.7 Å². The molecule has 186 valence electrons. The number of carbonyl (C=O) groups is 1. The number of piperazine rings is 1. The molecule has 36 heavy (non-hydrogen) atoms. The van der Waals surface area contributed by atoms with Crippen LogP contribution in [0.3, 0.4) is 0 Å². The molecule has 0 radical (unpaired) electrons. The number of rotatable bonds is 6. The van der Waals surface area contributed by atoms with Gasteiger partial charge in [-0.25, -0.2) is 8.78 Å². The number of anilines is 2. The summed E-state index contributed by atoms with van der Waals surface area (Å²) >= 11 is 0. The van der Waals surface area contributed by atoms with Gasteiger partial charge in [-0.2, -0.15) is 19.5 Å². The number of nitrogens with two attached hydrogens (primary N) is 1. The molecule has 11 nitrogen and oxygen atoms in total. The Morgan fingerprint density at radius 3 is 2.81 bits per heavy atom. The molecule has 0 aliphatic carbocycles. The number of likely N-dealkylation sites (tertiary alicyclic amines) is 2. The average Bonchev–Trinajstić information content (AvgIpc) is 3.63. The number of nitrogen functional groups attached to an aromatic ring is 1. The smallest absolute Gasteiger partial charge is 0.259 e. The van der Waals surface area contributed by atoms with E-state index in [4.69, 9.17) is 10.2 Å². The van der Waals surface area contributed by atoms with Gasteiger partial charge in [0.05, 0.1) is 6.26 Å². The number of halogens is 2. The van der Waals surface area contributed by atoms with Gasteiger partial charge in [0.15, 0.2) is 5.76 Å². The highest BCUT2D eigenvalue weighted by atomic mass is 19.1. The third-order valence-electron chi connectivity index (χ3n) is 6.72. The van der Waals surface area contributed by atoms with Crippen molar-refractivity contribution >= 4 is 23.6 Å². The number of benzene rings is 1. The largest absolute Gasteiger partial charge is 0.461 e. The van der Waals surface area contributed by atoms with Crippen molar-refractivity contribution in [2.24, 2.45) is 0 Å². The lowest BCUT2D eigenvalue weighted by molar-refractivity contribution is -0.134. The molecular weight excluding hydrogens is 472 g/mol. The fourth-order valence-corrected chi connectivity index (χ4v) is 4.97. The molecular formula is C23H23F2N9O2. The van der Waals surface area contributed by atoms with E-state index >= 15 is 0 Å². The number of furan rings is 1. The zero-order valence-corrected chi connectivity index (χ0v) is 19.3. The average molecular weight is 495 g/mol. The first-order valence-electron chi connectivity index (χ1n) is 11.5. The monoisotopic (exact) mass is 495 g/mol. The summed E-state index contributed by atoms with van der Waals surface area (Å²) in [6.45, 7) is 3.29. The third kappa shape index (κ3) is 3.90. The molecule has 4 aromatic rings. The summed E-state index contributed by atoms with van der Waals surface area (Å²) in [5.41, 5.74) is 6.48. The van der Waals surface area contributed by atoms with Crippen LogP contribution in [0.5, 0.6) is 0 Å². The second-order valence-corrected chi connectivity index (χ2v) is 9.10. The van der Waals surface area contributed by atoms with Crippen molar-refractivity contribution in [3.63, 3.8) is 0 Å². The Morgan fingerprint density at radius 2 is 2.08 bits per heavy atom. The fourth-order valence-electron chi connectivity index (χ4n) is 4.97. The maximum Gasteiger partial charge on any atom is 0.259 e. The van der Waals surface area contributed by atoms with Crippen LogP contribution in [-0.2, 0) is 11.3 Å². The lowest BCUT2D eigenvalue weighted by Crippen LogP contribution is -2.52. The van der Waals surface area contributed by atoms with Crippen LogP contribution in [0.1, 0.15) is 18.9 Å². The summed E-state index contributed by atoms with van der Waals surface area (Å²) in [5, 5.41) is 7.28. The van der Waals surface area contributed by atoms with Gasteiger partial charge in [-0.15, -0.1) is 5.10 Å². The molecule has 2 aliphatic heterocycles. The SMILES string of the molecule is C[C@H](Nc1nc(N)n2nc(-c3ccco3)nc2n1)C(=O)N1C[C@@H]2C[C@H]1CN2Cc1ccc(F)cc1F. The minimum Gasteiger partial charge on any atom is -0.461 e. The highest BCUT2D eigenvalue weighted by molar-refractivity contribution is 5.84. The maximum absolute atomic E-state index is 14.1. The summed E-state index contributed by atoms with van der Waals surface area (Å²) in [5.74, 6) is 0.00920. The Morgan fingerprint density at radius 1 is 1.22 bits per heavy atom. The molecule has 2 saturated heterocycles. The Bertz CT molecular complexity index is 1440. The van der Waals surface area contributed by atoms with Crippen LogP contribution in [0.25, 0.3) is 17.4 Å². The van der Waals surface area contributed by atoms with Crippen LogP contribution in [0.2, 0.25) is 0 Å². The predicted molar refractivity (Wildman–Crippen MR) is 124 cm³/mol. The third-order valence-corrected chi connectivity index (χ3v) is 6.72. The first-order valence-corrected chi connectivity index (χ1v) is 11.5. The summed E-state index contributed by atoms with van der Waals surface area (Å²) in [6, 6.07) is 6.62. The quantitative estimate of drug-likeness (QED) is 0.412. The van der Waals surface area contributed by atoms with E-state index in [9.17, 15) is 13.6 Å². The number of nitrogens with one attached hydrogen (secondary N) is 1. The van der Waals surface area contributed by atoms with Gasteiger partial charge >= 0.3 is 0 Å². The van der Waals surface area contributed by atoms with Crippen molar-refractivity contribution in [1.82, 2.24) is 34.4 Å². The summed E-state index contributed by atoms with van der Waals surface area (Å²) in [4.78, 5) is 30.1.